The maximum atomic E-state index is 16.1. The van der Waals surface area contributed by atoms with Gasteiger partial charge in [0, 0.05) is 54.9 Å². The molecule has 11 amide bonds. The monoisotopic (exact) mass is 1310 g/mol. The topological polar surface area (TPSA) is 279 Å². The first-order chi connectivity index (χ1) is 43.2. The van der Waals surface area contributed by atoms with Crippen molar-refractivity contribution >= 4 is 65.0 Å². The van der Waals surface area contributed by atoms with Gasteiger partial charge < -0.3 is 60.1 Å². The molecule has 93 heavy (non-hydrogen) atoms. The van der Waals surface area contributed by atoms with Crippen LogP contribution in [0.15, 0.2) is 42.5 Å². The van der Waals surface area contributed by atoms with E-state index >= 15 is 24.0 Å². The van der Waals surface area contributed by atoms with Crippen LogP contribution in [0.3, 0.4) is 0 Å². The SMILES string of the molecule is C/C=C/C[C@@H](C)[C@@H](O)[C@H]1C(=O)N2C(c3ccccc3)O[C@@H](C)[C@@H]2C(=O)N(C)CC(=O)N(C)[C@@H](CC(C)C)C(=O)N[C@@H](C(C)C)C(=O)N(C)C(CC(C)C)C(=O)N[C@@H](C)C(=O)N[C@H](C)C(=O)N(C)[C@@H](CC(C)C)C(=O)N(C)[C@@H](CC(C)C)C(=O)N(C)[C@@H](C(C)C)C(=O)N1C. The van der Waals surface area contributed by atoms with Crippen molar-refractivity contribution in [2.24, 2.45) is 41.4 Å². The van der Waals surface area contributed by atoms with E-state index in [1.54, 1.807) is 84.9 Å². The van der Waals surface area contributed by atoms with Crippen molar-refractivity contribution in [3.05, 3.63) is 48.0 Å². The van der Waals surface area contributed by atoms with Gasteiger partial charge in [-0.05, 0) is 101 Å². The summed E-state index contributed by atoms with van der Waals surface area (Å²) in [5, 5.41) is 20.9. The van der Waals surface area contributed by atoms with E-state index in [-0.39, 0.29) is 55.8 Å². The predicted molar refractivity (Wildman–Crippen MR) is 357 cm³/mol. The molecule has 524 valence electrons. The Kier molecular flexibility index (Phi) is 30.7. The average Bonchev–Trinajstić information content (AvgIpc) is 1.68. The molecule has 24 heteroatoms. The first-order valence-electron chi connectivity index (χ1n) is 33.2. The van der Waals surface area contributed by atoms with Gasteiger partial charge in [0.25, 0.3) is 5.91 Å². The summed E-state index contributed by atoms with van der Waals surface area (Å²) >= 11 is 0. The van der Waals surface area contributed by atoms with Crippen LogP contribution in [0.1, 0.15) is 162 Å². The number of fused-ring (bicyclic) bond motifs is 1. The molecule has 2 unspecified atom stereocenters. The number of aliphatic hydroxyl groups is 1. The third-order valence-corrected chi connectivity index (χ3v) is 18.0. The van der Waals surface area contributed by atoms with Crippen LogP contribution in [0.5, 0.6) is 0 Å². The fourth-order valence-electron chi connectivity index (χ4n) is 12.3. The number of nitrogens with zero attached hydrogens (tertiary/aromatic N) is 8. The number of aliphatic hydroxyl groups excluding tert-OH is 1. The summed E-state index contributed by atoms with van der Waals surface area (Å²) in [6.45, 7) is 29.3. The molecule has 3 rings (SSSR count). The normalized spacial score (nSPS) is 27.9. The van der Waals surface area contributed by atoms with Crippen LogP contribution in [-0.2, 0) is 57.5 Å². The average molecular weight is 1310 g/mol. The molecule has 0 saturated carbocycles. The van der Waals surface area contributed by atoms with E-state index in [4.69, 9.17) is 4.74 Å². The Bertz CT molecular complexity index is 2780. The number of ether oxygens (including phenoxy) is 1. The van der Waals surface area contributed by atoms with Crippen LogP contribution in [0.2, 0.25) is 0 Å². The summed E-state index contributed by atoms with van der Waals surface area (Å²) in [6, 6.07) is -4.22. The van der Waals surface area contributed by atoms with E-state index in [1.165, 1.54) is 92.6 Å². The molecule has 4 N–H and O–H groups in total. The number of carbonyl (C=O) groups is 11. The number of hydrogen-bond donors (Lipinski definition) is 4. The van der Waals surface area contributed by atoms with Crippen LogP contribution in [-0.4, -0.2) is 238 Å². The van der Waals surface area contributed by atoms with Gasteiger partial charge in [-0.15, -0.1) is 0 Å². The minimum absolute atomic E-state index is 0.123. The largest absolute Gasteiger partial charge is 0.390 e. The zero-order chi connectivity index (χ0) is 71.1. The van der Waals surface area contributed by atoms with Gasteiger partial charge in [0.2, 0.25) is 59.1 Å². The van der Waals surface area contributed by atoms with Crippen molar-refractivity contribution < 1.29 is 62.6 Å². The van der Waals surface area contributed by atoms with E-state index in [1.807, 2.05) is 61.5 Å². The lowest BCUT2D eigenvalue weighted by molar-refractivity contribution is -0.162. The molecular formula is C69H115N11O13. The third-order valence-electron chi connectivity index (χ3n) is 18.0. The van der Waals surface area contributed by atoms with Gasteiger partial charge in [-0.1, -0.05) is 132 Å². The number of allylic oxidation sites excluding steroid dienone is 2. The molecule has 2 aliphatic heterocycles. The lowest BCUT2D eigenvalue weighted by atomic mass is 9.90. The fourth-order valence-corrected chi connectivity index (χ4v) is 12.3. The Hall–Kier alpha value is -6.95. The standard InChI is InChI=1S/C69H115N11O13/c1-25-26-30-44(14)58(82)57-68(92)80-56(47(17)93-69(80)48-31-28-27-29-32-48)66(90)73(18)37-53(81)74(19)49(33-38(2)3)61(85)72-54(42(10)11)65(89)75(20)50(34-39(4)5)60(84)70-45(15)59(83)71-46(16)62(86)76(21)51(35-40(6)7)63(87)77(22)52(36-41(8)9)64(88)78(23)55(43(12)13)67(91)79(57)24/h25-29,31-32,38-47,49-52,54-58,69,82H,30,33-37H2,1-24H3,(H,70,84)(H,71,83)(H,72,85)/b26-25+/t44-,45+,46-,47+,49+,50?,51+,52+,54+,55+,56-,57+,58-,69?/m1/s1. The van der Waals surface area contributed by atoms with Crippen molar-refractivity contribution in [1.82, 2.24) is 55.1 Å². The maximum Gasteiger partial charge on any atom is 0.251 e. The second-order valence-electron chi connectivity index (χ2n) is 28.4. The molecule has 2 aliphatic rings. The molecule has 1 aromatic carbocycles. The maximum absolute atomic E-state index is 16.1. The molecule has 0 aliphatic carbocycles. The van der Waals surface area contributed by atoms with Gasteiger partial charge >= 0.3 is 0 Å². The summed E-state index contributed by atoms with van der Waals surface area (Å²) in [5.74, 6) is -10.1. The molecule has 2 saturated heterocycles. The van der Waals surface area contributed by atoms with Gasteiger partial charge in [0.05, 0.1) is 18.8 Å². The molecule has 2 fully saturated rings. The Morgan fingerprint density at radius 1 is 0.495 bits per heavy atom. The minimum Gasteiger partial charge on any atom is -0.390 e. The van der Waals surface area contributed by atoms with Crippen LogP contribution in [0.25, 0.3) is 0 Å². The van der Waals surface area contributed by atoms with Gasteiger partial charge in [-0.3, -0.25) is 57.6 Å². The Balaban J connectivity index is 2.44. The number of hydrogen-bond acceptors (Lipinski definition) is 13. The van der Waals surface area contributed by atoms with Crippen molar-refractivity contribution in [2.45, 2.75) is 229 Å². The Labute approximate surface area is 554 Å². The molecule has 0 bridgehead atoms. The predicted octanol–water partition coefficient (Wildman–Crippen LogP) is 4.69. The summed E-state index contributed by atoms with van der Waals surface area (Å²) in [4.78, 5) is 174. The molecule has 2 heterocycles. The summed E-state index contributed by atoms with van der Waals surface area (Å²) in [6.07, 6.45) is 0.526. The van der Waals surface area contributed by atoms with E-state index in [2.05, 4.69) is 16.0 Å². The van der Waals surface area contributed by atoms with Crippen LogP contribution in [0, 0.1) is 41.4 Å². The number of carbonyl (C=O) groups excluding carboxylic acids is 11. The summed E-state index contributed by atoms with van der Waals surface area (Å²) in [7, 11) is 9.96. The Morgan fingerprint density at radius 2 is 0.935 bits per heavy atom. The smallest absolute Gasteiger partial charge is 0.251 e. The molecule has 24 nitrogen and oxygen atoms in total. The molecule has 0 aromatic heterocycles. The number of nitrogens with one attached hydrogen (secondary N) is 3. The first kappa shape index (κ1) is 80.3. The number of amides is 11. The van der Waals surface area contributed by atoms with Crippen LogP contribution in [0.4, 0.5) is 0 Å². The highest BCUT2D eigenvalue weighted by atomic mass is 16.5. The van der Waals surface area contributed by atoms with Crippen molar-refractivity contribution in [3.63, 3.8) is 0 Å². The number of likely N-dealkylation sites (N-methyl/N-ethyl adjacent to an activating group) is 7. The quantitative estimate of drug-likeness (QED) is 0.174. The molecule has 0 spiro atoms. The highest BCUT2D eigenvalue weighted by Crippen LogP contribution is 2.38. The number of rotatable bonds is 15. The second-order valence-corrected chi connectivity index (χ2v) is 28.4. The van der Waals surface area contributed by atoms with Gasteiger partial charge in [-0.25, -0.2) is 0 Å². The van der Waals surface area contributed by atoms with Crippen molar-refractivity contribution in [2.75, 3.05) is 55.9 Å². The minimum atomic E-state index is -1.72. The summed E-state index contributed by atoms with van der Waals surface area (Å²) < 4.78 is 6.56. The highest BCUT2D eigenvalue weighted by molar-refractivity contribution is 6.00. The first-order valence-corrected chi connectivity index (χ1v) is 33.2. The van der Waals surface area contributed by atoms with Gasteiger partial charge in [-0.2, -0.15) is 0 Å². The van der Waals surface area contributed by atoms with Crippen LogP contribution < -0.4 is 16.0 Å². The van der Waals surface area contributed by atoms with Gasteiger partial charge in [0.1, 0.15) is 60.4 Å². The number of benzene rings is 1. The van der Waals surface area contributed by atoms with E-state index < -0.39 is 168 Å². The van der Waals surface area contributed by atoms with E-state index in [0.717, 1.165) is 9.80 Å². The zero-order valence-corrected chi connectivity index (χ0v) is 60.3. The summed E-state index contributed by atoms with van der Waals surface area (Å²) in [5.41, 5.74) is 0.460. The van der Waals surface area contributed by atoms with Crippen molar-refractivity contribution in [1.29, 1.82) is 0 Å². The zero-order valence-electron chi connectivity index (χ0n) is 60.3. The molecule has 0 radical (unpaired) electrons. The molecule has 14 atom stereocenters. The molecular weight excluding hydrogens is 1190 g/mol. The van der Waals surface area contributed by atoms with E-state index in [9.17, 15) is 33.9 Å². The Morgan fingerprint density at radius 3 is 1.42 bits per heavy atom. The highest BCUT2D eigenvalue weighted by Gasteiger charge is 2.54. The third kappa shape index (κ3) is 20.5. The lowest BCUT2D eigenvalue weighted by Gasteiger charge is -2.43. The second kappa shape index (κ2) is 35.5. The fraction of sp³-hybridized carbons (Fsp3) is 0.725. The van der Waals surface area contributed by atoms with Gasteiger partial charge in [0.15, 0.2) is 6.23 Å². The molecule has 1 aromatic rings. The lowest BCUT2D eigenvalue weighted by Crippen LogP contribution is -2.64. The van der Waals surface area contributed by atoms with Crippen LogP contribution >= 0.6 is 0 Å². The van der Waals surface area contributed by atoms with E-state index in [0.29, 0.717) is 5.56 Å². The van der Waals surface area contributed by atoms with Crippen molar-refractivity contribution in [3.8, 4) is 0 Å².